The van der Waals surface area contributed by atoms with Crippen LogP contribution in [0, 0.1) is 11.8 Å². The predicted molar refractivity (Wildman–Crippen MR) is 71.9 cm³/mol. The summed E-state index contributed by atoms with van der Waals surface area (Å²) in [5, 5.41) is 9.43. The van der Waals surface area contributed by atoms with Gasteiger partial charge in [-0.25, -0.2) is 9.59 Å². The average Bonchev–Trinajstić information content (AvgIpc) is 2.25. The number of likely N-dealkylation sites (tertiary alicyclic amines) is 1. The van der Waals surface area contributed by atoms with Crippen molar-refractivity contribution >= 4 is 12.1 Å². The molecule has 1 aliphatic rings. The van der Waals surface area contributed by atoms with E-state index in [1.165, 1.54) is 4.90 Å². The van der Waals surface area contributed by atoms with Gasteiger partial charge in [-0.15, -0.1) is 0 Å². The van der Waals surface area contributed by atoms with Crippen molar-refractivity contribution < 1.29 is 19.4 Å². The van der Waals surface area contributed by atoms with Gasteiger partial charge in [-0.3, -0.25) is 4.90 Å². The van der Waals surface area contributed by atoms with E-state index in [1.807, 2.05) is 13.8 Å². The lowest BCUT2D eigenvalue weighted by molar-refractivity contribution is -0.147. The molecule has 0 radical (unpaired) electrons. The smallest absolute Gasteiger partial charge is 0.411 e. The van der Waals surface area contributed by atoms with Gasteiger partial charge in [0.2, 0.25) is 0 Å². The third-order valence-electron chi connectivity index (χ3n) is 3.42. The zero-order valence-electron chi connectivity index (χ0n) is 12.5. The largest absolute Gasteiger partial charge is 0.480 e. The minimum absolute atomic E-state index is 0.0150. The molecule has 19 heavy (non-hydrogen) atoms. The van der Waals surface area contributed by atoms with Crippen molar-refractivity contribution in [3.05, 3.63) is 0 Å². The van der Waals surface area contributed by atoms with E-state index in [2.05, 4.69) is 0 Å². The molecule has 1 amide bonds. The second-order valence-corrected chi connectivity index (χ2v) is 6.51. The van der Waals surface area contributed by atoms with Crippen LogP contribution in [0.2, 0.25) is 0 Å². The maximum absolute atomic E-state index is 12.1. The Bertz CT molecular complexity index is 346. The quantitative estimate of drug-likeness (QED) is 0.838. The van der Waals surface area contributed by atoms with Crippen LogP contribution in [0.5, 0.6) is 0 Å². The number of amides is 1. The molecule has 1 heterocycles. The molecule has 5 heteroatoms. The van der Waals surface area contributed by atoms with Crippen molar-refractivity contribution in [2.24, 2.45) is 11.8 Å². The van der Waals surface area contributed by atoms with E-state index >= 15 is 0 Å². The van der Waals surface area contributed by atoms with E-state index in [1.54, 1.807) is 20.8 Å². The first-order chi connectivity index (χ1) is 8.63. The number of ether oxygens (including phenoxy) is 1. The Labute approximate surface area is 114 Å². The number of aliphatic carboxylic acids is 1. The Balaban J connectivity index is 2.90. The van der Waals surface area contributed by atoms with Crippen molar-refractivity contribution in [2.75, 3.05) is 6.54 Å². The van der Waals surface area contributed by atoms with Crippen molar-refractivity contribution in [1.82, 2.24) is 4.90 Å². The molecule has 0 aromatic rings. The lowest BCUT2D eigenvalue weighted by Gasteiger charge is -2.40. The van der Waals surface area contributed by atoms with Crippen LogP contribution in [0.1, 0.15) is 47.5 Å². The summed E-state index contributed by atoms with van der Waals surface area (Å²) in [7, 11) is 0. The number of hydrogen-bond acceptors (Lipinski definition) is 3. The maximum Gasteiger partial charge on any atom is 0.411 e. The molecule has 5 nitrogen and oxygen atoms in total. The second kappa shape index (κ2) is 5.80. The van der Waals surface area contributed by atoms with Gasteiger partial charge in [0.25, 0.3) is 0 Å². The van der Waals surface area contributed by atoms with Gasteiger partial charge >= 0.3 is 12.1 Å². The summed E-state index contributed by atoms with van der Waals surface area (Å²) >= 11 is 0. The van der Waals surface area contributed by atoms with Crippen molar-refractivity contribution in [3.63, 3.8) is 0 Å². The molecule has 0 aromatic heterocycles. The first kappa shape index (κ1) is 15.8. The van der Waals surface area contributed by atoms with Gasteiger partial charge in [-0.2, -0.15) is 0 Å². The van der Waals surface area contributed by atoms with Crippen LogP contribution >= 0.6 is 0 Å². The minimum Gasteiger partial charge on any atom is -0.480 e. The summed E-state index contributed by atoms with van der Waals surface area (Å²) in [6, 6.07) is -0.774. The van der Waals surface area contributed by atoms with Crippen molar-refractivity contribution in [1.29, 1.82) is 0 Å². The Morgan fingerprint density at radius 1 is 1.32 bits per heavy atom. The monoisotopic (exact) mass is 271 g/mol. The molecule has 1 fully saturated rings. The Kier molecular flexibility index (Phi) is 4.82. The SMILES string of the molecule is CC(C)[C@@H]1CCCN(C(=O)OC(C)(C)C)[C@H]1C(=O)O. The molecule has 1 rings (SSSR count). The summed E-state index contributed by atoms with van der Waals surface area (Å²) in [5.41, 5.74) is -0.606. The molecule has 110 valence electrons. The maximum atomic E-state index is 12.1. The van der Waals surface area contributed by atoms with Gasteiger partial charge in [0.1, 0.15) is 11.6 Å². The topological polar surface area (TPSA) is 66.8 Å². The standard InChI is InChI=1S/C14H25NO4/c1-9(2)10-7-6-8-15(11(10)12(16)17)13(18)19-14(3,4)5/h9-11H,6-8H2,1-5H3,(H,16,17)/t10-,11+/m0/s1. The molecule has 0 bridgehead atoms. The van der Waals surface area contributed by atoms with Crippen LogP contribution in [0.4, 0.5) is 4.79 Å². The summed E-state index contributed by atoms with van der Waals surface area (Å²) in [6.45, 7) is 9.80. The summed E-state index contributed by atoms with van der Waals surface area (Å²) in [6.07, 6.45) is 1.14. The normalized spacial score (nSPS) is 24.4. The van der Waals surface area contributed by atoms with Gasteiger partial charge < -0.3 is 9.84 Å². The molecule has 2 atom stereocenters. The van der Waals surface area contributed by atoms with Crippen molar-refractivity contribution in [3.8, 4) is 0 Å². The highest BCUT2D eigenvalue weighted by Gasteiger charge is 2.42. The number of carboxylic acids is 1. The fourth-order valence-electron chi connectivity index (χ4n) is 2.57. The highest BCUT2D eigenvalue weighted by atomic mass is 16.6. The molecule has 0 saturated carbocycles. The van der Waals surface area contributed by atoms with Gasteiger partial charge in [0.15, 0.2) is 0 Å². The zero-order chi connectivity index (χ0) is 14.8. The van der Waals surface area contributed by atoms with E-state index in [-0.39, 0.29) is 11.8 Å². The molecule has 0 aromatic carbocycles. The van der Waals surface area contributed by atoms with Crippen LogP contribution in [0.3, 0.4) is 0 Å². The van der Waals surface area contributed by atoms with Gasteiger partial charge in [0, 0.05) is 6.54 Å². The number of rotatable bonds is 2. The first-order valence-corrected chi connectivity index (χ1v) is 6.86. The van der Waals surface area contributed by atoms with Gasteiger partial charge in [-0.05, 0) is 45.4 Å². The molecule has 0 spiro atoms. The zero-order valence-corrected chi connectivity index (χ0v) is 12.5. The molecule has 0 unspecified atom stereocenters. The lowest BCUT2D eigenvalue weighted by Crippen LogP contribution is -2.54. The molecule has 1 aliphatic heterocycles. The summed E-state index contributed by atoms with van der Waals surface area (Å²) < 4.78 is 5.31. The fraction of sp³-hybridized carbons (Fsp3) is 0.857. The van der Waals surface area contributed by atoms with E-state index in [0.29, 0.717) is 6.54 Å². The molecule has 1 saturated heterocycles. The molecular formula is C14H25NO4. The minimum atomic E-state index is -0.941. The molecule has 1 N–H and O–H groups in total. The highest BCUT2D eigenvalue weighted by Crippen LogP contribution is 2.31. The second-order valence-electron chi connectivity index (χ2n) is 6.51. The van der Waals surface area contributed by atoms with Crippen LogP contribution in [-0.2, 0) is 9.53 Å². The van der Waals surface area contributed by atoms with Crippen LogP contribution < -0.4 is 0 Å². The Morgan fingerprint density at radius 2 is 1.89 bits per heavy atom. The number of piperidine rings is 1. The molecular weight excluding hydrogens is 246 g/mol. The third kappa shape index (κ3) is 4.11. The van der Waals surface area contributed by atoms with Crippen LogP contribution in [0.15, 0.2) is 0 Å². The third-order valence-corrected chi connectivity index (χ3v) is 3.42. The molecule has 0 aliphatic carbocycles. The number of nitrogens with zero attached hydrogens (tertiary/aromatic N) is 1. The van der Waals surface area contributed by atoms with E-state index in [4.69, 9.17) is 4.74 Å². The summed E-state index contributed by atoms with van der Waals surface area (Å²) in [4.78, 5) is 25.0. The van der Waals surface area contributed by atoms with Crippen LogP contribution in [0.25, 0.3) is 0 Å². The van der Waals surface area contributed by atoms with Gasteiger partial charge in [0.05, 0.1) is 0 Å². The predicted octanol–water partition coefficient (Wildman–Crippen LogP) is 2.74. The van der Waals surface area contributed by atoms with Gasteiger partial charge in [-0.1, -0.05) is 13.8 Å². The highest BCUT2D eigenvalue weighted by molar-refractivity contribution is 5.80. The lowest BCUT2D eigenvalue weighted by atomic mass is 9.81. The van der Waals surface area contributed by atoms with E-state index in [0.717, 1.165) is 12.8 Å². The van der Waals surface area contributed by atoms with E-state index in [9.17, 15) is 14.7 Å². The Hall–Kier alpha value is -1.26. The van der Waals surface area contributed by atoms with Crippen molar-refractivity contribution in [2.45, 2.75) is 59.1 Å². The van der Waals surface area contributed by atoms with Crippen LogP contribution in [-0.4, -0.2) is 40.3 Å². The number of carbonyl (C=O) groups is 2. The Morgan fingerprint density at radius 3 is 2.32 bits per heavy atom. The average molecular weight is 271 g/mol. The number of carboxylic acid groups (broad SMARTS) is 1. The number of hydrogen-bond donors (Lipinski definition) is 1. The first-order valence-electron chi connectivity index (χ1n) is 6.86. The van der Waals surface area contributed by atoms with E-state index < -0.39 is 23.7 Å². The summed E-state index contributed by atoms with van der Waals surface area (Å²) in [5.74, 6) is -0.727. The fourth-order valence-corrected chi connectivity index (χ4v) is 2.57. The number of carbonyl (C=O) groups excluding carboxylic acids is 1.